The van der Waals surface area contributed by atoms with Gasteiger partial charge < -0.3 is 10.1 Å². The summed E-state index contributed by atoms with van der Waals surface area (Å²) in [5.74, 6) is 2.23. The Hall–Kier alpha value is -0.570. The first-order chi connectivity index (χ1) is 7.02. The summed E-state index contributed by atoms with van der Waals surface area (Å²) in [5, 5.41) is 3.08. The molecule has 86 valence electrons. The highest BCUT2D eigenvalue weighted by atomic mass is 16.5. The van der Waals surface area contributed by atoms with E-state index in [-0.39, 0.29) is 17.4 Å². The van der Waals surface area contributed by atoms with Crippen molar-refractivity contribution in [2.45, 2.75) is 38.6 Å². The summed E-state index contributed by atoms with van der Waals surface area (Å²) < 4.78 is 5.09. The summed E-state index contributed by atoms with van der Waals surface area (Å²) in [5.41, 5.74) is -0.237. The summed E-state index contributed by atoms with van der Waals surface area (Å²) >= 11 is 0. The van der Waals surface area contributed by atoms with Crippen LogP contribution in [0.1, 0.15) is 33.1 Å². The number of carbonyl (C=O) groups is 1. The van der Waals surface area contributed by atoms with E-state index in [4.69, 9.17) is 4.74 Å². The smallest absolute Gasteiger partial charge is 0.223 e. The number of fused-ring (bicyclic) bond motifs is 1. The minimum absolute atomic E-state index is 0.226. The Morgan fingerprint density at radius 3 is 2.47 bits per heavy atom. The van der Waals surface area contributed by atoms with Gasteiger partial charge in [0, 0.05) is 13.0 Å². The third kappa shape index (κ3) is 2.51. The second-order valence-corrected chi connectivity index (χ2v) is 5.73. The van der Waals surface area contributed by atoms with E-state index < -0.39 is 0 Å². The second-order valence-electron chi connectivity index (χ2n) is 5.73. The Bertz CT molecular complexity index is 252. The maximum Gasteiger partial charge on any atom is 0.223 e. The van der Waals surface area contributed by atoms with E-state index >= 15 is 0 Å². The van der Waals surface area contributed by atoms with Crippen LogP contribution >= 0.6 is 0 Å². The van der Waals surface area contributed by atoms with Crippen LogP contribution in [0.3, 0.4) is 0 Å². The molecule has 0 aromatic heterocycles. The summed E-state index contributed by atoms with van der Waals surface area (Å²) in [4.78, 5) is 11.9. The maximum absolute atomic E-state index is 11.9. The molecule has 2 fully saturated rings. The van der Waals surface area contributed by atoms with Crippen LogP contribution in [0.25, 0.3) is 0 Å². The molecule has 0 aliphatic heterocycles. The Labute approximate surface area is 91.6 Å². The molecule has 0 heterocycles. The zero-order valence-corrected chi connectivity index (χ0v) is 9.88. The van der Waals surface area contributed by atoms with Gasteiger partial charge in [-0.1, -0.05) is 0 Å². The highest BCUT2D eigenvalue weighted by molar-refractivity contribution is 5.80. The average Bonchev–Trinajstić information content (AvgIpc) is 2.72. The molecule has 0 aromatic carbocycles. The second kappa shape index (κ2) is 3.78. The highest BCUT2D eigenvalue weighted by Gasteiger charge is 2.48. The molecule has 1 amide bonds. The third-order valence-corrected chi connectivity index (χ3v) is 3.58. The molecule has 3 nitrogen and oxygen atoms in total. The standard InChI is InChI=1S/C12H21NO2/c1-12(2,7-15-3)13-11(14)10-5-8-4-9(8)6-10/h8-10H,4-7H2,1-3H3,(H,13,14). The lowest BCUT2D eigenvalue weighted by Crippen LogP contribution is -2.48. The number of rotatable bonds is 4. The lowest BCUT2D eigenvalue weighted by atomic mass is 9.99. The average molecular weight is 211 g/mol. The van der Waals surface area contributed by atoms with Crippen LogP contribution in [0.5, 0.6) is 0 Å². The molecular weight excluding hydrogens is 190 g/mol. The highest BCUT2D eigenvalue weighted by Crippen LogP contribution is 2.54. The van der Waals surface area contributed by atoms with Gasteiger partial charge in [0.1, 0.15) is 0 Å². The number of methoxy groups -OCH3 is 1. The van der Waals surface area contributed by atoms with Crippen molar-refractivity contribution in [2.75, 3.05) is 13.7 Å². The van der Waals surface area contributed by atoms with Crippen LogP contribution in [0, 0.1) is 17.8 Å². The third-order valence-electron chi connectivity index (χ3n) is 3.58. The summed E-state index contributed by atoms with van der Waals surface area (Å²) in [6.07, 6.45) is 3.59. The number of hydrogen-bond donors (Lipinski definition) is 1. The number of nitrogens with one attached hydrogen (secondary N) is 1. The number of ether oxygens (including phenoxy) is 1. The van der Waals surface area contributed by atoms with E-state index in [2.05, 4.69) is 5.32 Å². The first-order valence-corrected chi connectivity index (χ1v) is 5.83. The fourth-order valence-electron chi connectivity index (χ4n) is 2.76. The lowest BCUT2D eigenvalue weighted by molar-refractivity contribution is -0.127. The molecule has 0 bridgehead atoms. The van der Waals surface area contributed by atoms with Crippen LogP contribution in [0.4, 0.5) is 0 Å². The Morgan fingerprint density at radius 2 is 1.93 bits per heavy atom. The van der Waals surface area contributed by atoms with Crippen molar-refractivity contribution in [3.05, 3.63) is 0 Å². The lowest BCUT2D eigenvalue weighted by Gasteiger charge is -2.27. The molecule has 2 rings (SSSR count). The van der Waals surface area contributed by atoms with Gasteiger partial charge in [0.2, 0.25) is 5.91 Å². The quantitative estimate of drug-likeness (QED) is 0.766. The van der Waals surface area contributed by atoms with E-state index in [0.29, 0.717) is 6.61 Å². The van der Waals surface area contributed by atoms with Crippen molar-refractivity contribution in [3.63, 3.8) is 0 Å². The molecule has 2 unspecified atom stereocenters. The minimum Gasteiger partial charge on any atom is -0.382 e. The molecule has 0 radical (unpaired) electrons. The monoisotopic (exact) mass is 211 g/mol. The summed E-state index contributed by atoms with van der Waals surface area (Å²) in [7, 11) is 1.67. The van der Waals surface area contributed by atoms with Crippen LogP contribution in [-0.2, 0) is 9.53 Å². The molecule has 2 saturated carbocycles. The van der Waals surface area contributed by atoms with Crippen molar-refractivity contribution in [2.24, 2.45) is 17.8 Å². The fraction of sp³-hybridized carbons (Fsp3) is 0.917. The molecular formula is C12H21NO2. The molecule has 0 aromatic rings. The molecule has 2 aliphatic rings. The Kier molecular flexibility index (Phi) is 2.75. The Morgan fingerprint density at radius 1 is 1.33 bits per heavy atom. The number of hydrogen-bond acceptors (Lipinski definition) is 2. The maximum atomic E-state index is 11.9. The van der Waals surface area contributed by atoms with Crippen LogP contribution in [-0.4, -0.2) is 25.2 Å². The van der Waals surface area contributed by atoms with E-state index in [1.165, 1.54) is 6.42 Å². The van der Waals surface area contributed by atoms with E-state index in [9.17, 15) is 4.79 Å². The zero-order valence-electron chi connectivity index (χ0n) is 9.88. The fourth-order valence-corrected chi connectivity index (χ4v) is 2.76. The van der Waals surface area contributed by atoms with E-state index in [1.807, 2.05) is 13.8 Å². The molecule has 0 spiro atoms. The first kappa shape index (κ1) is 10.9. The SMILES string of the molecule is COCC(C)(C)NC(=O)C1CC2CC2C1. The molecule has 0 saturated heterocycles. The van der Waals surface area contributed by atoms with Crippen molar-refractivity contribution >= 4 is 5.91 Å². The van der Waals surface area contributed by atoms with E-state index in [1.54, 1.807) is 7.11 Å². The van der Waals surface area contributed by atoms with Gasteiger partial charge in [-0.3, -0.25) is 4.79 Å². The first-order valence-electron chi connectivity index (χ1n) is 5.83. The number of amides is 1. The van der Waals surface area contributed by atoms with Gasteiger partial charge in [0.05, 0.1) is 12.1 Å². The van der Waals surface area contributed by atoms with Gasteiger partial charge in [-0.05, 0) is 44.9 Å². The van der Waals surface area contributed by atoms with Gasteiger partial charge in [0.25, 0.3) is 0 Å². The molecule has 3 heteroatoms. The van der Waals surface area contributed by atoms with Gasteiger partial charge in [-0.15, -0.1) is 0 Å². The van der Waals surface area contributed by atoms with Gasteiger partial charge in [0.15, 0.2) is 0 Å². The molecule has 2 aliphatic carbocycles. The van der Waals surface area contributed by atoms with E-state index in [0.717, 1.165) is 24.7 Å². The van der Waals surface area contributed by atoms with Gasteiger partial charge in [-0.25, -0.2) is 0 Å². The van der Waals surface area contributed by atoms with Crippen molar-refractivity contribution in [1.82, 2.24) is 5.32 Å². The normalized spacial score (nSPS) is 33.7. The predicted octanol–water partition coefficient (Wildman–Crippen LogP) is 1.57. The molecule has 15 heavy (non-hydrogen) atoms. The van der Waals surface area contributed by atoms with Crippen LogP contribution < -0.4 is 5.32 Å². The largest absolute Gasteiger partial charge is 0.382 e. The molecule has 1 N–H and O–H groups in total. The topological polar surface area (TPSA) is 38.3 Å². The van der Waals surface area contributed by atoms with Crippen LogP contribution in [0.15, 0.2) is 0 Å². The van der Waals surface area contributed by atoms with Crippen molar-refractivity contribution in [3.8, 4) is 0 Å². The molecule has 2 atom stereocenters. The summed E-state index contributed by atoms with van der Waals surface area (Å²) in [6.45, 7) is 4.58. The van der Waals surface area contributed by atoms with Gasteiger partial charge >= 0.3 is 0 Å². The number of carbonyl (C=O) groups excluding carboxylic acids is 1. The van der Waals surface area contributed by atoms with Crippen molar-refractivity contribution < 1.29 is 9.53 Å². The minimum atomic E-state index is -0.237. The van der Waals surface area contributed by atoms with Crippen molar-refractivity contribution in [1.29, 1.82) is 0 Å². The predicted molar refractivity (Wildman–Crippen MR) is 58.4 cm³/mol. The Balaban J connectivity index is 1.81. The summed E-state index contributed by atoms with van der Waals surface area (Å²) in [6, 6.07) is 0. The van der Waals surface area contributed by atoms with Gasteiger partial charge in [-0.2, -0.15) is 0 Å². The zero-order chi connectivity index (χ0) is 11.1. The van der Waals surface area contributed by atoms with Crippen LogP contribution in [0.2, 0.25) is 0 Å².